The van der Waals surface area contributed by atoms with Gasteiger partial charge in [0.25, 0.3) is 0 Å². The van der Waals surface area contributed by atoms with Crippen molar-refractivity contribution >= 4 is 34.3 Å². The number of nitrogens with zero attached hydrogens (tertiary/aromatic N) is 3. The Balaban J connectivity index is 1.44. The number of rotatable bonds is 11. The Morgan fingerprint density at radius 2 is 1.70 bits per heavy atom. The van der Waals surface area contributed by atoms with Crippen LogP contribution in [0.2, 0.25) is 0 Å². The fraction of sp³-hybridized carbons (Fsp3) is 0.548. The predicted molar refractivity (Wildman–Crippen MR) is 213 cm³/mol. The summed E-state index contributed by atoms with van der Waals surface area (Å²) in [6.07, 6.45) is 5.26. The summed E-state index contributed by atoms with van der Waals surface area (Å²) < 4.78 is 35.9. The van der Waals surface area contributed by atoms with Crippen LogP contribution in [0.15, 0.2) is 42.6 Å². The van der Waals surface area contributed by atoms with Crippen LogP contribution in [-0.4, -0.2) is 38.0 Å². The minimum atomic E-state index is -1.95. The van der Waals surface area contributed by atoms with E-state index in [9.17, 15) is 9.00 Å². The number of nitrogens with one attached hydrogen (secondary N) is 2. The van der Waals surface area contributed by atoms with Gasteiger partial charge >= 0.3 is 17.2 Å². The fourth-order valence-corrected chi connectivity index (χ4v) is 8.61. The molecule has 3 atom stereocenters. The number of ether oxygens (including phenoxy) is 2. The van der Waals surface area contributed by atoms with E-state index < -0.39 is 17.2 Å². The number of methoxy groups -OCH3 is 1. The molecule has 0 radical (unpaired) electrons. The van der Waals surface area contributed by atoms with E-state index in [0.717, 1.165) is 36.8 Å². The molecule has 2 N–H and O–H groups in total. The summed E-state index contributed by atoms with van der Waals surface area (Å²) in [5.41, 5.74) is 3.47. The Morgan fingerprint density at radius 1 is 1.04 bits per heavy atom. The van der Waals surface area contributed by atoms with E-state index in [1.807, 2.05) is 25.1 Å². The third-order valence-corrected chi connectivity index (χ3v) is 11.7. The summed E-state index contributed by atoms with van der Waals surface area (Å²) in [4.78, 5) is 22.7. The zero-order chi connectivity index (χ0) is 39.0. The van der Waals surface area contributed by atoms with E-state index >= 15 is 0 Å². The molecule has 53 heavy (non-hydrogen) atoms. The SMILES string of the molecule is [C-]#[N+]c1cn2[nH]c(-c3ccc(OC)c(NS(=O)Oc4cc(C(C)(C)CCC)ccc4C)c3)nc2c1C(=O)OC1C(C(C)(C)C)CC(C)CC1C(C)(C)C. The molecule has 1 aliphatic carbocycles. The number of aromatic nitrogens is 3. The van der Waals surface area contributed by atoms with Crippen LogP contribution in [-0.2, 0) is 21.4 Å². The summed E-state index contributed by atoms with van der Waals surface area (Å²) in [5.74, 6) is 1.72. The maximum absolute atomic E-state index is 14.2. The zero-order valence-electron chi connectivity index (χ0n) is 33.5. The third kappa shape index (κ3) is 8.59. The van der Waals surface area contributed by atoms with Crippen molar-refractivity contribution in [2.45, 2.75) is 113 Å². The minimum Gasteiger partial charge on any atom is -0.495 e. The van der Waals surface area contributed by atoms with Gasteiger partial charge in [0, 0.05) is 23.6 Å². The molecule has 1 aliphatic rings. The molecule has 2 aromatic carbocycles. The zero-order valence-corrected chi connectivity index (χ0v) is 34.3. The van der Waals surface area contributed by atoms with Crippen molar-refractivity contribution < 1.29 is 22.7 Å². The van der Waals surface area contributed by atoms with Crippen molar-refractivity contribution in [3.05, 3.63) is 70.7 Å². The number of benzene rings is 2. The highest BCUT2D eigenvalue weighted by atomic mass is 32.2. The Labute approximate surface area is 318 Å². The number of aryl methyl sites for hydroxylation is 1. The van der Waals surface area contributed by atoms with Gasteiger partial charge in [-0.15, -0.1) is 0 Å². The first kappa shape index (κ1) is 39.9. The topological polar surface area (TPSA) is 111 Å². The second-order valence-corrected chi connectivity index (χ2v) is 18.4. The molecular weight excluding hydrogens is 687 g/mol. The Kier molecular flexibility index (Phi) is 11.5. The molecule has 0 saturated heterocycles. The van der Waals surface area contributed by atoms with Gasteiger partial charge in [-0.25, -0.2) is 14.6 Å². The van der Waals surface area contributed by atoms with Gasteiger partial charge in [-0.2, -0.15) is 4.21 Å². The first-order valence-corrected chi connectivity index (χ1v) is 19.7. The van der Waals surface area contributed by atoms with Gasteiger partial charge in [0.05, 0.1) is 19.4 Å². The summed E-state index contributed by atoms with van der Waals surface area (Å²) in [6.45, 7) is 31.9. The normalized spacial score (nSPS) is 20.1. The number of fused-ring (bicyclic) bond motifs is 1. The van der Waals surface area contributed by atoms with E-state index in [0.29, 0.717) is 40.1 Å². The van der Waals surface area contributed by atoms with Crippen LogP contribution >= 0.6 is 0 Å². The highest BCUT2D eigenvalue weighted by Crippen LogP contribution is 2.50. The Hall–Kier alpha value is -4.30. The van der Waals surface area contributed by atoms with Crippen LogP contribution in [0.1, 0.15) is 116 Å². The number of anilines is 1. The number of H-pyrrole nitrogens is 1. The standard InChI is InChI=1S/C42H57N5O5S/c1-14-19-42(10,11)28-17-15-26(3)34(23-28)52-53(49)46-31-22-27(16-18-33(31)50-13)37-44-38-35(32(43-12)24-47(38)45-37)39(48)51-36-29(40(4,5)6)20-25(2)21-30(36)41(7,8)9/h15-18,22-25,29-30,36,46H,14,19-21H2,1-11,13H3,(H,44,45). The number of hydrogen-bond acceptors (Lipinski definition) is 6. The summed E-state index contributed by atoms with van der Waals surface area (Å²) in [5, 5.41) is 3.21. The first-order valence-electron chi connectivity index (χ1n) is 18.6. The molecule has 2 aromatic heterocycles. The van der Waals surface area contributed by atoms with Gasteiger partial charge in [0.15, 0.2) is 11.5 Å². The molecule has 286 valence electrons. The second kappa shape index (κ2) is 15.2. The summed E-state index contributed by atoms with van der Waals surface area (Å²) in [7, 11) is 1.54. The highest BCUT2D eigenvalue weighted by molar-refractivity contribution is 7.82. The van der Waals surface area contributed by atoms with Crippen molar-refractivity contribution in [2.75, 3.05) is 11.8 Å². The highest BCUT2D eigenvalue weighted by Gasteiger charge is 2.48. The van der Waals surface area contributed by atoms with Crippen molar-refractivity contribution in [3.63, 3.8) is 0 Å². The monoisotopic (exact) mass is 743 g/mol. The summed E-state index contributed by atoms with van der Waals surface area (Å²) >= 11 is -1.95. The molecule has 5 rings (SSSR count). The van der Waals surface area contributed by atoms with E-state index in [4.69, 9.17) is 25.2 Å². The molecular formula is C42H57N5O5S. The van der Waals surface area contributed by atoms with E-state index in [2.05, 4.69) is 90.0 Å². The lowest BCUT2D eigenvalue weighted by atomic mass is 9.59. The molecule has 3 unspecified atom stereocenters. The molecule has 1 saturated carbocycles. The van der Waals surface area contributed by atoms with Gasteiger partial charge in [-0.1, -0.05) is 87.8 Å². The van der Waals surface area contributed by atoms with E-state index in [1.165, 1.54) is 7.11 Å². The number of esters is 1. The van der Waals surface area contributed by atoms with Crippen molar-refractivity contribution in [3.8, 4) is 22.9 Å². The summed E-state index contributed by atoms with van der Waals surface area (Å²) in [6, 6.07) is 11.4. The number of aromatic amines is 1. The van der Waals surface area contributed by atoms with Crippen molar-refractivity contribution in [1.29, 1.82) is 0 Å². The fourth-order valence-electron chi connectivity index (χ4n) is 7.89. The molecule has 0 aliphatic heterocycles. The quantitative estimate of drug-likeness (QED) is 0.117. The number of hydrogen-bond donors (Lipinski definition) is 2. The largest absolute Gasteiger partial charge is 0.495 e. The number of carbonyl (C=O) groups excluding carboxylic acids is 1. The maximum atomic E-state index is 14.2. The van der Waals surface area contributed by atoms with Gasteiger partial charge in [-0.05, 0) is 83.7 Å². The molecule has 0 amide bonds. The molecule has 1 fully saturated rings. The van der Waals surface area contributed by atoms with E-state index in [1.54, 1.807) is 22.8 Å². The van der Waals surface area contributed by atoms with Crippen LogP contribution in [0, 0.1) is 42.1 Å². The van der Waals surface area contributed by atoms with Crippen LogP contribution in [0.5, 0.6) is 11.5 Å². The van der Waals surface area contributed by atoms with Crippen LogP contribution in [0.25, 0.3) is 21.9 Å². The van der Waals surface area contributed by atoms with Gasteiger partial charge in [0.2, 0.25) is 5.69 Å². The lowest BCUT2D eigenvalue weighted by Crippen LogP contribution is -2.49. The predicted octanol–water partition coefficient (Wildman–Crippen LogP) is 10.6. The lowest BCUT2D eigenvalue weighted by molar-refractivity contribution is -0.0922. The van der Waals surface area contributed by atoms with Gasteiger partial charge in [-0.3, -0.25) is 14.3 Å². The maximum Gasteiger partial charge on any atom is 0.331 e. The van der Waals surface area contributed by atoms with Crippen LogP contribution in [0.3, 0.4) is 0 Å². The van der Waals surface area contributed by atoms with Crippen molar-refractivity contribution in [2.24, 2.45) is 28.6 Å². The average Bonchev–Trinajstić information content (AvgIpc) is 3.63. The molecule has 0 bridgehead atoms. The van der Waals surface area contributed by atoms with Crippen LogP contribution < -0.4 is 13.6 Å². The molecule has 10 nitrogen and oxygen atoms in total. The molecule has 2 heterocycles. The first-order chi connectivity index (χ1) is 24.8. The van der Waals surface area contributed by atoms with Crippen LogP contribution in [0.4, 0.5) is 11.4 Å². The third-order valence-electron chi connectivity index (χ3n) is 11.0. The molecule has 4 aromatic rings. The van der Waals surface area contributed by atoms with E-state index in [-0.39, 0.29) is 45.4 Å². The molecule has 0 spiro atoms. The van der Waals surface area contributed by atoms with Gasteiger partial charge < -0.3 is 13.7 Å². The smallest absolute Gasteiger partial charge is 0.331 e. The molecule has 11 heteroatoms. The average molecular weight is 744 g/mol. The Bertz CT molecular complexity index is 2000. The number of carbonyl (C=O) groups is 1. The van der Waals surface area contributed by atoms with Crippen molar-refractivity contribution in [1.82, 2.24) is 14.6 Å². The lowest BCUT2D eigenvalue weighted by Gasteiger charge is -2.50. The second-order valence-electron chi connectivity index (χ2n) is 17.6. The Morgan fingerprint density at radius 3 is 2.28 bits per heavy atom. The minimum absolute atomic E-state index is 0.0502. The van der Waals surface area contributed by atoms with Gasteiger partial charge in [0.1, 0.15) is 23.2 Å².